The number of para-hydroxylation sites is 2. The Balaban J connectivity index is 1.77. The van der Waals surface area contributed by atoms with Crippen LogP contribution < -0.4 is 10.9 Å². The van der Waals surface area contributed by atoms with Gasteiger partial charge in [0.25, 0.3) is 5.56 Å². The first-order valence-corrected chi connectivity index (χ1v) is 9.75. The summed E-state index contributed by atoms with van der Waals surface area (Å²) in [5, 5.41) is 4.18. The van der Waals surface area contributed by atoms with E-state index in [4.69, 9.17) is 4.98 Å². The molecule has 3 aromatic carbocycles. The SMILES string of the molecule is CCc1ccc2c(c1-c1nc3ccccc3c(=O)[nH]1)Nc1ccccc1S2. The molecule has 1 aliphatic heterocycles. The minimum Gasteiger partial charge on any atom is -0.353 e. The van der Waals surface area contributed by atoms with Crippen LogP contribution in [0.25, 0.3) is 22.3 Å². The summed E-state index contributed by atoms with van der Waals surface area (Å²) in [5.41, 5.74) is 4.81. The molecule has 5 rings (SSSR count). The largest absolute Gasteiger partial charge is 0.353 e. The Morgan fingerprint density at radius 2 is 1.78 bits per heavy atom. The predicted octanol–water partition coefficient (Wildman–Crippen LogP) is 5.36. The third-order valence-corrected chi connectivity index (χ3v) is 5.99. The summed E-state index contributed by atoms with van der Waals surface area (Å²) in [5.74, 6) is 0.611. The monoisotopic (exact) mass is 371 g/mol. The van der Waals surface area contributed by atoms with E-state index >= 15 is 0 Å². The third kappa shape index (κ3) is 2.62. The maximum absolute atomic E-state index is 12.6. The van der Waals surface area contributed by atoms with Crippen molar-refractivity contribution < 1.29 is 0 Å². The van der Waals surface area contributed by atoms with Gasteiger partial charge in [-0.05, 0) is 42.3 Å². The second kappa shape index (κ2) is 6.28. The molecule has 0 fully saturated rings. The number of nitrogens with zero attached hydrogens (tertiary/aromatic N) is 1. The fourth-order valence-corrected chi connectivity index (χ4v) is 4.52. The molecule has 0 aliphatic carbocycles. The second-order valence-electron chi connectivity index (χ2n) is 6.48. The highest BCUT2D eigenvalue weighted by molar-refractivity contribution is 7.99. The maximum atomic E-state index is 12.6. The van der Waals surface area contributed by atoms with Crippen LogP contribution in [0.1, 0.15) is 12.5 Å². The fourth-order valence-electron chi connectivity index (χ4n) is 3.52. The smallest absolute Gasteiger partial charge is 0.259 e. The number of anilines is 2. The number of H-pyrrole nitrogens is 1. The van der Waals surface area contributed by atoms with Crippen molar-refractivity contribution in [2.75, 3.05) is 5.32 Å². The number of aromatic amines is 1. The van der Waals surface area contributed by atoms with Crippen LogP contribution in [-0.4, -0.2) is 9.97 Å². The van der Waals surface area contributed by atoms with E-state index in [1.165, 1.54) is 4.90 Å². The van der Waals surface area contributed by atoms with Crippen LogP contribution in [0.4, 0.5) is 11.4 Å². The Labute approximate surface area is 160 Å². The van der Waals surface area contributed by atoms with Crippen molar-refractivity contribution in [2.45, 2.75) is 23.1 Å². The maximum Gasteiger partial charge on any atom is 0.259 e. The van der Waals surface area contributed by atoms with Crippen LogP contribution in [0.3, 0.4) is 0 Å². The average Bonchev–Trinajstić information content (AvgIpc) is 2.71. The van der Waals surface area contributed by atoms with E-state index in [0.717, 1.165) is 33.8 Å². The van der Waals surface area contributed by atoms with Crippen molar-refractivity contribution in [3.05, 3.63) is 76.6 Å². The van der Waals surface area contributed by atoms with Gasteiger partial charge in [0.05, 0.1) is 22.3 Å². The van der Waals surface area contributed by atoms with Gasteiger partial charge in [-0.1, -0.05) is 49.0 Å². The van der Waals surface area contributed by atoms with E-state index in [9.17, 15) is 4.79 Å². The molecular weight excluding hydrogens is 354 g/mol. The highest BCUT2D eigenvalue weighted by Crippen LogP contribution is 2.48. The van der Waals surface area contributed by atoms with E-state index in [-0.39, 0.29) is 5.56 Å². The van der Waals surface area contributed by atoms with Crippen LogP contribution in [-0.2, 0) is 6.42 Å². The molecule has 0 radical (unpaired) electrons. The van der Waals surface area contributed by atoms with Gasteiger partial charge >= 0.3 is 0 Å². The van der Waals surface area contributed by atoms with Crippen molar-refractivity contribution in [3.8, 4) is 11.4 Å². The molecule has 0 amide bonds. The molecule has 2 N–H and O–H groups in total. The normalized spacial score (nSPS) is 12.3. The van der Waals surface area contributed by atoms with Gasteiger partial charge in [-0.2, -0.15) is 0 Å². The van der Waals surface area contributed by atoms with E-state index in [1.807, 2.05) is 30.3 Å². The first-order valence-electron chi connectivity index (χ1n) is 8.94. The van der Waals surface area contributed by atoms with Crippen LogP contribution in [0.2, 0.25) is 0 Å². The number of hydrogen-bond donors (Lipinski definition) is 2. The minimum absolute atomic E-state index is 0.112. The van der Waals surface area contributed by atoms with Crippen LogP contribution in [0.5, 0.6) is 0 Å². The second-order valence-corrected chi connectivity index (χ2v) is 7.57. The number of benzene rings is 3. The molecule has 27 heavy (non-hydrogen) atoms. The van der Waals surface area contributed by atoms with E-state index < -0.39 is 0 Å². The molecular formula is C22H17N3OS. The van der Waals surface area contributed by atoms with Crippen molar-refractivity contribution in [1.29, 1.82) is 0 Å². The van der Waals surface area contributed by atoms with Crippen LogP contribution in [0.15, 0.2) is 75.2 Å². The summed E-state index contributed by atoms with van der Waals surface area (Å²) in [4.78, 5) is 22.7. The molecule has 1 aliphatic rings. The van der Waals surface area contributed by atoms with Crippen molar-refractivity contribution >= 4 is 34.0 Å². The summed E-state index contributed by atoms with van der Waals surface area (Å²) >= 11 is 1.74. The van der Waals surface area contributed by atoms with Gasteiger partial charge in [0.2, 0.25) is 0 Å². The van der Waals surface area contributed by atoms with Gasteiger partial charge in [-0.25, -0.2) is 4.98 Å². The predicted molar refractivity (Wildman–Crippen MR) is 111 cm³/mol. The van der Waals surface area contributed by atoms with Gasteiger partial charge in [-0.15, -0.1) is 0 Å². The van der Waals surface area contributed by atoms with Gasteiger partial charge < -0.3 is 10.3 Å². The first-order chi connectivity index (χ1) is 13.2. The Hall–Kier alpha value is -3.05. The summed E-state index contributed by atoms with van der Waals surface area (Å²) in [6.07, 6.45) is 0.854. The summed E-state index contributed by atoms with van der Waals surface area (Å²) in [6.45, 7) is 2.12. The van der Waals surface area contributed by atoms with Crippen molar-refractivity contribution in [3.63, 3.8) is 0 Å². The summed E-state index contributed by atoms with van der Waals surface area (Å²) in [6, 6.07) is 20.0. The molecule has 5 heteroatoms. The van der Waals surface area contributed by atoms with Gasteiger partial charge in [-0.3, -0.25) is 4.79 Å². The van der Waals surface area contributed by atoms with Gasteiger partial charge in [0, 0.05) is 15.4 Å². The summed E-state index contributed by atoms with van der Waals surface area (Å²) in [7, 11) is 0. The number of hydrogen-bond acceptors (Lipinski definition) is 4. The first kappa shape index (κ1) is 16.1. The quantitative estimate of drug-likeness (QED) is 0.438. The molecule has 4 nitrogen and oxygen atoms in total. The fraction of sp³-hybridized carbons (Fsp3) is 0.0909. The van der Waals surface area contributed by atoms with Crippen molar-refractivity contribution in [2.24, 2.45) is 0 Å². The minimum atomic E-state index is -0.112. The molecule has 0 bridgehead atoms. The molecule has 1 aromatic heterocycles. The zero-order chi connectivity index (χ0) is 18.4. The van der Waals surface area contributed by atoms with Crippen LogP contribution in [0, 0.1) is 0 Å². The molecule has 0 unspecified atom stereocenters. The summed E-state index contributed by atoms with van der Waals surface area (Å²) < 4.78 is 0. The Morgan fingerprint density at radius 1 is 0.963 bits per heavy atom. The Bertz CT molecular complexity index is 1250. The Kier molecular flexibility index (Phi) is 3.76. The number of rotatable bonds is 2. The lowest BCUT2D eigenvalue weighted by atomic mass is 10.0. The number of aromatic nitrogens is 2. The molecule has 132 valence electrons. The lowest BCUT2D eigenvalue weighted by Crippen LogP contribution is -2.12. The number of aryl methyl sites for hydroxylation is 1. The molecule has 2 heterocycles. The molecule has 0 saturated heterocycles. The van der Waals surface area contributed by atoms with E-state index in [2.05, 4.69) is 41.5 Å². The molecule has 0 saturated carbocycles. The number of fused-ring (bicyclic) bond motifs is 3. The van der Waals surface area contributed by atoms with Crippen LogP contribution >= 0.6 is 11.8 Å². The van der Waals surface area contributed by atoms with E-state index in [0.29, 0.717) is 16.7 Å². The van der Waals surface area contributed by atoms with Gasteiger partial charge in [0.15, 0.2) is 0 Å². The third-order valence-electron chi connectivity index (χ3n) is 4.85. The lowest BCUT2D eigenvalue weighted by molar-refractivity contribution is 1.10. The lowest BCUT2D eigenvalue weighted by Gasteiger charge is -2.24. The highest BCUT2D eigenvalue weighted by Gasteiger charge is 2.22. The Morgan fingerprint density at radius 3 is 2.67 bits per heavy atom. The molecule has 0 spiro atoms. The molecule has 4 aromatic rings. The number of nitrogens with one attached hydrogen (secondary N) is 2. The average molecular weight is 371 g/mol. The zero-order valence-electron chi connectivity index (χ0n) is 14.7. The topological polar surface area (TPSA) is 57.8 Å². The highest BCUT2D eigenvalue weighted by atomic mass is 32.2. The molecule has 0 atom stereocenters. The van der Waals surface area contributed by atoms with E-state index in [1.54, 1.807) is 17.8 Å². The standard InChI is InChI=1S/C22H17N3OS/c1-2-13-11-12-18-20(23-16-9-5-6-10-17(16)27-18)19(13)21-24-15-8-4-3-7-14(15)22(26)25-21/h3-12,23H,2H2,1H3,(H,24,25,26). The van der Waals surface area contributed by atoms with Crippen molar-refractivity contribution in [1.82, 2.24) is 9.97 Å². The van der Waals surface area contributed by atoms with Gasteiger partial charge in [0.1, 0.15) is 5.82 Å². The zero-order valence-corrected chi connectivity index (χ0v) is 15.6.